The topological polar surface area (TPSA) is 51.2 Å². The van der Waals surface area contributed by atoms with Gasteiger partial charge in [-0.1, -0.05) is 12.1 Å². The minimum Gasteiger partial charge on any atom is -0.381 e. The summed E-state index contributed by atoms with van der Waals surface area (Å²) < 4.78 is 5.40. The van der Waals surface area contributed by atoms with Gasteiger partial charge in [-0.15, -0.1) is 6.58 Å². The van der Waals surface area contributed by atoms with Crippen LogP contribution >= 0.6 is 0 Å². The maximum Gasteiger partial charge on any atom is 0.227 e. The number of ether oxygens (including phenoxy) is 1. The number of nitrogens with zero attached hydrogens (tertiary/aromatic N) is 1. The molecule has 0 aromatic carbocycles. The molecule has 1 saturated heterocycles. The quantitative estimate of drug-likeness (QED) is 0.820. The Morgan fingerprint density at radius 1 is 1.47 bits per heavy atom. The molecule has 0 spiro atoms. The molecule has 1 N–H and O–H groups in total. The summed E-state index contributed by atoms with van der Waals surface area (Å²) in [4.78, 5) is 16.8. The lowest BCUT2D eigenvalue weighted by molar-refractivity contribution is -0.136. The van der Waals surface area contributed by atoms with Crippen LogP contribution in [0.2, 0.25) is 0 Å². The Labute approximate surface area is 113 Å². The van der Waals surface area contributed by atoms with Gasteiger partial charge in [-0.25, -0.2) is 0 Å². The zero-order valence-electron chi connectivity index (χ0n) is 11.1. The Hall–Kier alpha value is -1.68. The summed E-state index contributed by atoms with van der Waals surface area (Å²) in [5.41, 5.74) is 0.563. The van der Waals surface area contributed by atoms with Gasteiger partial charge >= 0.3 is 0 Å². The molecular formula is C15H20N2O2. The Morgan fingerprint density at radius 3 is 2.89 bits per heavy atom. The SMILES string of the molecule is C=CCNC(=O)C1(Cc2ccccn2)CCOCC1. The molecule has 4 heteroatoms. The second-order valence-corrected chi connectivity index (χ2v) is 4.89. The lowest BCUT2D eigenvalue weighted by Crippen LogP contribution is -2.46. The molecule has 1 aliphatic rings. The van der Waals surface area contributed by atoms with Crippen molar-refractivity contribution in [2.24, 2.45) is 5.41 Å². The first-order valence-electron chi connectivity index (χ1n) is 6.64. The molecule has 0 saturated carbocycles. The van der Waals surface area contributed by atoms with E-state index in [1.54, 1.807) is 12.3 Å². The van der Waals surface area contributed by atoms with Crippen LogP contribution in [0.3, 0.4) is 0 Å². The van der Waals surface area contributed by atoms with Crippen LogP contribution in [0.15, 0.2) is 37.1 Å². The summed E-state index contributed by atoms with van der Waals surface area (Å²) in [6.45, 7) is 5.40. The van der Waals surface area contributed by atoms with Gasteiger partial charge in [0.05, 0.1) is 5.41 Å². The third-order valence-electron chi connectivity index (χ3n) is 3.58. The number of carbonyl (C=O) groups excluding carboxylic acids is 1. The van der Waals surface area contributed by atoms with E-state index in [9.17, 15) is 4.79 Å². The van der Waals surface area contributed by atoms with Gasteiger partial charge in [0.25, 0.3) is 0 Å². The van der Waals surface area contributed by atoms with E-state index >= 15 is 0 Å². The average Bonchev–Trinajstić information content (AvgIpc) is 2.46. The molecule has 1 amide bonds. The van der Waals surface area contributed by atoms with Crippen molar-refractivity contribution in [3.05, 3.63) is 42.7 Å². The standard InChI is InChI=1S/C15H20N2O2/c1-2-8-17-14(18)15(6-10-19-11-7-15)12-13-5-3-4-9-16-13/h2-5,9H,1,6-8,10-12H2,(H,17,18). The molecule has 2 rings (SSSR count). The highest BCUT2D eigenvalue weighted by molar-refractivity contribution is 5.83. The molecule has 0 atom stereocenters. The molecule has 1 fully saturated rings. The number of nitrogens with one attached hydrogen (secondary N) is 1. The number of hydrogen-bond acceptors (Lipinski definition) is 3. The highest BCUT2D eigenvalue weighted by Gasteiger charge is 2.40. The summed E-state index contributed by atoms with van der Waals surface area (Å²) in [7, 11) is 0. The predicted octanol–water partition coefficient (Wildman–Crippen LogP) is 1.72. The third kappa shape index (κ3) is 3.41. The van der Waals surface area contributed by atoms with Crippen molar-refractivity contribution in [1.29, 1.82) is 0 Å². The largest absolute Gasteiger partial charge is 0.381 e. The van der Waals surface area contributed by atoms with E-state index in [1.807, 2.05) is 18.2 Å². The van der Waals surface area contributed by atoms with E-state index < -0.39 is 5.41 Å². The summed E-state index contributed by atoms with van der Waals surface area (Å²) in [6.07, 6.45) is 5.62. The van der Waals surface area contributed by atoms with E-state index in [0.717, 1.165) is 18.5 Å². The second kappa shape index (κ2) is 6.48. The highest BCUT2D eigenvalue weighted by Crippen LogP contribution is 2.34. The minimum absolute atomic E-state index is 0.0846. The van der Waals surface area contributed by atoms with Gasteiger partial charge in [-0.3, -0.25) is 9.78 Å². The normalized spacial score (nSPS) is 17.7. The van der Waals surface area contributed by atoms with E-state index in [0.29, 0.717) is 26.2 Å². The molecule has 1 aromatic heterocycles. The first-order chi connectivity index (χ1) is 9.27. The van der Waals surface area contributed by atoms with E-state index in [1.165, 1.54) is 0 Å². The third-order valence-corrected chi connectivity index (χ3v) is 3.58. The fraction of sp³-hybridized carbons (Fsp3) is 0.467. The van der Waals surface area contributed by atoms with Crippen molar-refractivity contribution in [3.63, 3.8) is 0 Å². The Balaban J connectivity index is 2.14. The fourth-order valence-corrected chi connectivity index (χ4v) is 2.45. The van der Waals surface area contributed by atoms with Gasteiger partial charge in [0.1, 0.15) is 0 Å². The second-order valence-electron chi connectivity index (χ2n) is 4.89. The van der Waals surface area contributed by atoms with Crippen LogP contribution in [0.4, 0.5) is 0 Å². The number of amides is 1. The molecule has 102 valence electrons. The zero-order valence-corrected chi connectivity index (χ0v) is 11.1. The fourth-order valence-electron chi connectivity index (χ4n) is 2.45. The number of hydrogen-bond donors (Lipinski definition) is 1. The van der Waals surface area contributed by atoms with Crippen molar-refractivity contribution < 1.29 is 9.53 Å². The smallest absolute Gasteiger partial charge is 0.227 e. The lowest BCUT2D eigenvalue weighted by Gasteiger charge is -2.35. The van der Waals surface area contributed by atoms with Gasteiger partial charge in [-0.2, -0.15) is 0 Å². The molecule has 2 heterocycles. The van der Waals surface area contributed by atoms with Gasteiger partial charge in [0, 0.05) is 38.1 Å². The lowest BCUT2D eigenvalue weighted by atomic mass is 9.75. The van der Waals surface area contributed by atoms with Crippen LogP contribution in [0.25, 0.3) is 0 Å². The van der Waals surface area contributed by atoms with Crippen LogP contribution < -0.4 is 5.32 Å². The van der Waals surface area contributed by atoms with Crippen molar-refractivity contribution in [1.82, 2.24) is 10.3 Å². The molecule has 19 heavy (non-hydrogen) atoms. The monoisotopic (exact) mass is 260 g/mol. The summed E-state index contributed by atoms with van der Waals surface area (Å²) in [6, 6.07) is 5.81. The van der Waals surface area contributed by atoms with Crippen LogP contribution in [0.1, 0.15) is 18.5 Å². The highest BCUT2D eigenvalue weighted by atomic mass is 16.5. The van der Waals surface area contributed by atoms with Gasteiger partial charge in [0.2, 0.25) is 5.91 Å². The molecule has 0 aliphatic carbocycles. The van der Waals surface area contributed by atoms with E-state index in [2.05, 4.69) is 16.9 Å². The predicted molar refractivity (Wildman–Crippen MR) is 73.6 cm³/mol. The Bertz CT molecular complexity index is 425. The van der Waals surface area contributed by atoms with E-state index in [4.69, 9.17) is 4.74 Å². The van der Waals surface area contributed by atoms with Crippen molar-refractivity contribution >= 4 is 5.91 Å². The maximum atomic E-state index is 12.4. The summed E-state index contributed by atoms with van der Waals surface area (Å²) in [5.74, 6) is 0.0846. The number of pyridine rings is 1. The van der Waals surface area contributed by atoms with Crippen molar-refractivity contribution in [3.8, 4) is 0 Å². The molecular weight excluding hydrogens is 240 g/mol. The van der Waals surface area contributed by atoms with Gasteiger partial charge in [0.15, 0.2) is 0 Å². The summed E-state index contributed by atoms with van der Waals surface area (Å²) in [5, 5.41) is 2.92. The minimum atomic E-state index is -0.393. The van der Waals surface area contributed by atoms with Crippen molar-refractivity contribution in [2.45, 2.75) is 19.3 Å². The van der Waals surface area contributed by atoms with Crippen LogP contribution in [0, 0.1) is 5.41 Å². The summed E-state index contributed by atoms with van der Waals surface area (Å²) >= 11 is 0. The van der Waals surface area contributed by atoms with Crippen molar-refractivity contribution in [2.75, 3.05) is 19.8 Å². The average molecular weight is 260 g/mol. The first-order valence-corrected chi connectivity index (χ1v) is 6.64. The molecule has 4 nitrogen and oxygen atoms in total. The van der Waals surface area contributed by atoms with E-state index in [-0.39, 0.29) is 5.91 Å². The number of rotatable bonds is 5. The molecule has 1 aliphatic heterocycles. The zero-order chi connectivity index (χ0) is 13.6. The number of carbonyl (C=O) groups is 1. The first kappa shape index (κ1) is 13.7. The van der Waals surface area contributed by atoms with Gasteiger partial charge < -0.3 is 10.1 Å². The Kier molecular flexibility index (Phi) is 4.68. The van der Waals surface area contributed by atoms with Gasteiger partial charge in [-0.05, 0) is 25.0 Å². The molecule has 1 aromatic rings. The molecule has 0 unspecified atom stereocenters. The van der Waals surface area contributed by atoms with Crippen LogP contribution in [0.5, 0.6) is 0 Å². The Morgan fingerprint density at radius 2 is 2.26 bits per heavy atom. The molecule has 0 radical (unpaired) electrons. The van der Waals surface area contributed by atoms with Crippen LogP contribution in [-0.2, 0) is 16.0 Å². The molecule has 0 bridgehead atoms. The van der Waals surface area contributed by atoms with Crippen LogP contribution in [-0.4, -0.2) is 30.6 Å². The maximum absolute atomic E-state index is 12.4. The number of aromatic nitrogens is 1.